The summed E-state index contributed by atoms with van der Waals surface area (Å²) in [6.07, 6.45) is 1.53. The number of nitrogens with one attached hydrogen (secondary N) is 1. The van der Waals surface area contributed by atoms with Gasteiger partial charge in [-0.25, -0.2) is 4.68 Å². The lowest BCUT2D eigenvalue weighted by molar-refractivity contribution is 0.0766. The molecule has 0 saturated carbocycles. The van der Waals surface area contributed by atoms with Crippen molar-refractivity contribution < 1.29 is 9.53 Å². The Balaban J connectivity index is 1.81. The Hall–Kier alpha value is -2.02. The maximum absolute atomic E-state index is 12.4. The van der Waals surface area contributed by atoms with E-state index in [1.807, 2.05) is 19.1 Å². The molecule has 1 saturated heterocycles. The van der Waals surface area contributed by atoms with Crippen molar-refractivity contribution in [3.63, 3.8) is 0 Å². The van der Waals surface area contributed by atoms with Crippen molar-refractivity contribution in [1.82, 2.24) is 15.1 Å². The summed E-state index contributed by atoms with van der Waals surface area (Å²) in [6.45, 7) is 3.56. The van der Waals surface area contributed by atoms with E-state index in [1.165, 1.54) is 6.20 Å². The average molecular weight is 348 g/mol. The van der Waals surface area contributed by atoms with Crippen LogP contribution in [-0.4, -0.2) is 35.3 Å². The number of hydrogen-bond donors (Lipinski definition) is 1. The van der Waals surface area contributed by atoms with Crippen molar-refractivity contribution in [3.8, 4) is 0 Å². The summed E-state index contributed by atoms with van der Waals surface area (Å²) in [6, 6.07) is 7.03. The summed E-state index contributed by atoms with van der Waals surface area (Å²) in [5.74, 6) is -0.187. The highest BCUT2D eigenvalue weighted by atomic mass is 35.5. The number of ether oxygens (including phenoxy) is 1. The Morgan fingerprint density at radius 3 is 2.83 bits per heavy atom. The molecule has 3 rings (SSSR count). The molecule has 2 aromatic rings. The second-order valence-corrected chi connectivity index (χ2v) is 6.13. The second-order valence-electron chi connectivity index (χ2n) is 5.75. The number of aromatic nitrogens is 2. The molecule has 126 valence electrons. The van der Waals surface area contributed by atoms with E-state index in [2.05, 4.69) is 10.4 Å². The van der Waals surface area contributed by atoms with Crippen molar-refractivity contribution in [2.24, 2.45) is 0 Å². The SMILES string of the molecule is Cc1ccc(C(=O)Cn2ncc(C3COCCN3)c(Cl)c2=O)cc1. The Bertz CT molecular complexity index is 796. The number of ketones is 1. The summed E-state index contributed by atoms with van der Waals surface area (Å²) in [5, 5.41) is 7.40. The lowest BCUT2D eigenvalue weighted by Gasteiger charge is -2.24. The van der Waals surface area contributed by atoms with Gasteiger partial charge in [-0.1, -0.05) is 41.4 Å². The third-order valence-corrected chi connectivity index (χ3v) is 4.36. The van der Waals surface area contributed by atoms with Gasteiger partial charge >= 0.3 is 0 Å². The monoisotopic (exact) mass is 347 g/mol. The molecule has 0 aliphatic carbocycles. The van der Waals surface area contributed by atoms with E-state index in [0.29, 0.717) is 30.9 Å². The van der Waals surface area contributed by atoms with Crippen LogP contribution in [0.5, 0.6) is 0 Å². The average Bonchev–Trinajstić information content (AvgIpc) is 2.60. The van der Waals surface area contributed by atoms with E-state index in [4.69, 9.17) is 16.3 Å². The van der Waals surface area contributed by atoms with Gasteiger partial charge in [0.1, 0.15) is 11.6 Å². The zero-order chi connectivity index (χ0) is 17.1. The fourth-order valence-electron chi connectivity index (χ4n) is 2.57. The van der Waals surface area contributed by atoms with Gasteiger partial charge in [0.25, 0.3) is 5.56 Å². The number of rotatable bonds is 4. The van der Waals surface area contributed by atoms with Gasteiger partial charge in [0.05, 0.1) is 25.5 Å². The molecule has 1 aromatic heterocycles. The van der Waals surface area contributed by atoms with Gasteiger partial charge in [-0.3, -0.25) is 9.59 Å². The molecule has 1 atom stereocenters. The Morgan fingerprint density at radius 2 is 2.17 bits per heavy atom. The normalized spacial score (nSPS) is 17.7. The number of carbonyl (C=O) groups is 1. The molecular weight excluding hydrogens is 330 g/mol. The highest BCUT2D eigenvalue weighted by Crippen LogP contribution is 2.20. The standard InChI is InChI=1S/C17H18ClN3O3/c1-11-2-4-12(5-3-11)15(22)9-21-17(23)16(18)13(8-20-21)14-10-24-7-6-19-14/h2-5,8,14,19H,6-7,9-10H2,1H3. The van der Waals surface area contributed by atoms with E-state index >= 15 is 0 Å². The minimum atomic E-state index is -0.470. The van der Waals surface area contributed by atoms with Gasteiger partial charge in [-0.05, 0) is 6.92 Å². The van der Waals surface area contributed by atoms with Crippen molar-refractivity contribution in [2.75, 3.05) is 19.8 Å². The predicted octanol–water partition coefficient (Wildman–Crippen LogP) is 1.75. The molecule has 1 fully saturated rings. The molecule has 1 aliphatic rings. The number of benzene rings is 1. The zero-order valence-corrected chi connectivity index (χ0v) is 14.0. The largest absolute Gasteiger partial charge is 0.378 e. The van der Waals surface area contributed by atoms with Gasteiger partial charge in [0.15, 0.2) is 5.78 Å². The number of halogens is 1. The molecule has 1 aliphatic heterocycles. The highest BCUT2D eigenvalue weighted by Gasteiger charge is 2.21. The van der Waals surface area contributed by atoms with Crippen LogP contribution in [0.1, 0.15) is 27.5 Å². The van der Waals surface area contributed by atoms with Crippen molar-refractivity contribution in [2.45, 2.75) is 19.5 Å². The van der Waals surface area contributed by atoms with Gasteiger partial charge < -0.3 is 10.1 Å². The van der Waals surface area contributed by atoms with Crippen LogP contribution in [-0.2, 0) is 11.3 Å². The molecule has 2 heterocycles. The minimum absolute atomic E-state index is 0.0738. The summed E-state index contributed by atoms with van der Waals surface area (Å²) in [5.41, 5.74) is 1.73. The minimum Gasteiger partial charge on any atom is -0.378 e. The first-order valence-corrected chi connectivity index (χ1v) is 8.10. The predicted molar refractivity (Wildman–Crippen MR) is 90.6 cm³/mol. The topological polar surface area (TPSA) is 73.2 Å². The summed E-state index contributed by atoms with van der Waals surface area (Å²) >= 11 is 6.20. The number of nitrogens with zero attached hydrogens (tertiary/aromatic N) is 2. The summed E-state index contributed by atoms with van der Waals surface area (Å²) in [7, 11) is 0. The maximum Gasteiger partial charge on any atom is 0.286 e. The van der Waals surface area contributed by atoms with Crippen LogP contribution in [0.2, 0.25) is 5.02 Å². The van der Waals surface area contributed by atoms with Gasteiger partial charge in [0, 0.05) is 17.7 Å². The van der Waals surface area contributed by atoms with Crippen LogP contribution in [0.15, 0.2) is 35.3 Å². The number of aryl methyl sites for hydroxylation is 1. The first-order chi connectivity index (χ1) is 11.6. The molecule has 0 radical (unpaired) electrons. The molecular formula is C17H18ClN3O3. The number of hydrogen-bond acceptors (Lipinski definition) is 5. The molecule has 0 amide bonds. The third kappa shape index (κ3) is 3.56. The van der Waals surface area contributed by atoms with E-state index < -0.39 is 5.56 Å². The van der Waals surface area contributed by atoms with Crippen LogP contribution < -0.4 is 10.9 Å². The Labute approximate surface area is 144 Å². The summed E-state index contributed by atoms with van der Waals surface area (Å²) < 4.78 is 6.48. The van der Waals surface area contributed by atoms with Crippen molar-refractivity contribution in [3.05, 3.63) is 62.5 Å². The highest BCUT2D eigenvalue weighted by molar-refractivity contribution is 6.31. The van der Waals surface area contributed by atoms with Crippen molar-refractivity contribution in [1.29, 1.82) is 0 Å². The Kier molecular flexibility index (Phi) is 5.08. The molecule has 0 bridgehead atoms. The first-order valence-electron chi connectivity index (χ1n) is 7.73. The fraction of sp³-hybridized carbons (Fsp3) is 0.353. The zero-order valence-electron chi connectivity index (χ0n) is 13.3. The maximum atomic E-state index is 12.4. The third-order valence-electron chi connectivity index (χ3n) is 3.98. The van der Waals surface area contributed by atoms with E-state index in [1.54, 1.807) is 12.1 Å². The van der Waals surface area contributed by atoms with Crippen LogP contribution in [0.4, 0.5) is 0 Å². The van der Waals surface area contributed by atoms with Gasteiger partial charge in [-0.2, -0.15) is 5.10 Å². The number of carbonyl (C=O) groups excluding carboxylic acids is 1. The lowest BCUT2D eigenvalue weighted by Crippen LogP contribution is -2.37. The van der Waals surface area contributed by atoms with E-state index in [0.717, 1.165) is 10.2 Å². The van der Waals surface area contributed by atoms with Crippen LogP contribution in [0, 0.1) is 6.92 Å². The second kappa shape index (κ2) is 7.25. The van der Waals surface area contributed by atoms with Gasteiger partial charge in [0.2, 0.25) is 0 Å². The molecule has 6 nitrogen and oxygen atoms in total. The van der Waals surface area contributed by atoms with Crippen molar-refractivity contribution >= 4 is 17.4 Å². The number of Topliss-reactive ketones (excluding diaryl/α,β-unsaturated/α-hetero) is 1. The van der Waals surface area contributed by atoms with Crippen LogP contribution in [0.3, 0.4) is 0 Å². The molecule has 0 spiro atoms. The van der Waals surface area contributed by atoms with E-state index in [9.17, 15) is 9.59 Å². The first kappa shape index (κ1) is 16.8. The smallest absolute Gasteiger partial charge is 0.286 e. The molecule has 7 heteroatoms. The van der Waals surface area contributed by atoms with Crippen LogP contribution >= 0.6 is 11.6 Å². The fourth-order valence-corrected chi connectivity index (χ4v) is 2.84. The lowest BCUT2D eigenvalue weighted by atomic mass is 10.1. The van der Waals surface area contributed by atoms with Gasteiger partial charge in [-0.15, -0.1) is 0 Å². The molecule has 1 aromatic carbocycles. The van der Waals surface area contributed by atoms with E-state index in [-0.39, 0.29) is 23.4 Å². The molecule has 24 heavy (non-hydrogen) atoms. The molecule has 1 unspecified atom stereocenters. The van der Waals surface area contributed by atoms with Crippen LogP contribution in [0.25, 0.3) is 0 Å². The molecule has 1 N–H and O–H groups in total. The Morgan fingerprint density at radius 1 is 1.42 bits per heavy atom. The summed E-state index contributed by atoms with van der Waals surface area (Å²) in [4.78, 5) is 24.7. The quantitative estimate of drug-likeness (QED) is 0.853. The number of morpholine rings is 1.